The summed E-state index contributed by atoms with van der Waals surface area (Å²) in [6.07, 6.45) is -2.24. The molecular weight excluding hydrogens is 308 g/mol. The molecule has 0 saturated carbocycles. The van der Waals surface area contributed by atoms with Crippen LogP contribution in [0.15, 0.2) is 0 Å². The third-order valence-corrected chi connectivity index (χ3v) is 2.87. The van der Waals surface area contributed by atoms with E-state index in [0.717, 1.165) is 0 Å². The van der Waals surface area contributed by atoms with E-state index in [0.29, 0.717) is 13.3 Å². The highest BCUT2D eigenvalue weighted by molar-refractivity contribution is 5.73. The van der Waals surface area contributed by atoms with Crippen LogP contribution in [0.5, 0.6) is 0 Å². The Kier molecular flexibility index (Phi) is 8.40. The number of hydrogen-bond acceptors (Lipinski definition) is 4. The minimum atomic E-state index is -3.61. The van der Waals surface area contributed by atoms with E-state index in [9.17, 15) is 27.2 Å². The monoisotopic (exact) mass is 330 g/mol. The first-order chi connectivity index (χ1) is 9.97. The lowest BCUT2D eigenvalue weighted by atomic mass is 10.1. The Morgan fingerprint density at radius 2 is 1.68 bits per heavy atom. The molecule has 0 aromatic heterocycles. The van der Waals surface area contributed by atoms with Gasteiger partial charge < -0.3 is 9.47 Å². The van der Waals surface area contributed by atoms with Gasteiger partial charge in [0.05, 0.1) is 25.4 Å². The standard InChI is InChI=1S/C14H22F4O4/c1-4-10(2)12(20)22-7-5-11(19)21-8-6-14(17,18)9-13(3,15)16/h10H,4-9H2,1-3H3. The van der Waals surface area contributed by atoms with Crippen LogP contribution in [-0.2, 0) is 19.1 Å². The van der Waals surface area contributed by atoms with Crippen molar-refractivity contribution < 1.29 is 36.6 Å². The van der Waals surface area contributed by atoms with Gasteiger partial charge in [-0.05, 0) is 13.3 Å². The van der Waals surface area contributed by atoms with Crippen LogP contribution in [0.3, 0.4) is 0 Å². The molecule has 0 spiro atoms. The molecule has 0 bridgehead atoms. The first kappa shape index (κ1) is 20.7. The number of carbonyl (C=O) groups excluding carboxylic acids is 2. The zero-order chi connectivity index (χ0) is 17.4. The van der Waals surface area contributed by atoms with Gasteiger partial charge in [-0.15, -0.1) is 0 Å². The van der Waals surface area contributed by atoms with Crippen molar-refractivity contribution in [3.05, 3.63) is 0 Å². The van der Waals surface area contributed by atoms with E-state index in [-0.39, 0.29) is 18.9 Å². The van der Waals surface area contributed by atoms with Gasteiger partial charge in [-0.25, -0.2) is 17.6 Å². The lowest BCUT2D eigenvalue weighted by molar-refractivity contribution is -0.153. The van der Waals surface area contributed by atoms with Crippen LogP contribution >= 0.6 is 0 Å². The molecule has 4 nitrogen and oxygen atoms in total. The zero-order valence-corrected chi connectivity index (χ0v) is 13.0. The number of halogens is 4. The molecule has 0 aliphatic heterocycles. The number of hydrogen-bond donors (Lipinski definition) is 0. The highest BCUT2D eigenvalue weighted by atomic mass is 19.3. The van der Waals surface area contributed by atoms with Crippen LogP contribution in [0.25, 0.3) is 0 Å². The third-order valence-electron chi connectivity index (χ3n) is 2.87. The van der Waals surface area contributed by atoms with E-state index in [1.807, 2.05) is 0 Å². The van der Waals surface area contributed by atoms with Crippen LogP contribution in [-0.4, -0.2) is 37.0 Å². The molecule has 1 unspecified atom stereocenters. The fourth-order valence-corrected chi connectivity index (χ4v) is 1.47. The van der Waals surface area contributed by atoms with Crippen molar-refractivity contribution in [1.29, 1.82) is 0 Å². The number of rotatable bonds is 10. The highest BCUT2D eigenvalue weighted by Crippen LogP contribution is 2.32. The predicted octanol–water partition coefficient (Wildman–Crippen LogP) is 3.58. The van der Waals surface area contributed by atoms with E-state index in [1.165, 1.54) is 0 Å². The Labute approximate surface area is 127 Å². The fraction of sp³-hybridized carbons (Fsp3) is 0.857. The largest absolute Gasteiger partial charge is 0.465 e. The van der Waals surface area contributed by atoms with Gasteiger partial charge in [0.2, 0.25) is 0 Å². The van der Waals surface area contributed by atoms with Gasteiger partial charge >= 0.3 is 11.9 Å². The molecule has 1 atom stereocenters. The Balaban J connectivity index is 3.89. The molecule has 22 heavy (non-hydrogen) atoms. The smallest absolute Gasteiger partial charge is 0.309 e. The average molecular weight is 330 g/mol. The first-order valence-corrected chi connectivity index (χ1v) is 7.05. The van der Waals surface area contributed by atoms with Gasteiger partial charge in [-0.2, -0.15) is 0 Å². The van der Waals surface area contributed by atoms with Gasteiger partial charge in [-0.1, -0.05) is 13.8 Å². The molecule has 0 fully saturated rings. The summed E-state index contributed by atoms with van der Waals surface area (Å²) in [5, 5.41) is 0. The normalized spacial score (nSPS) is 13.6. The Morgan fingerprint density at radius 1 is 1.09 bits per heavy atom. The van der Waals surface area contributed by atoms with Crippen LogP contribution in [0.4, 0.5) is 17.6 Å². The minimum absolute atomic E-state index is 0.203. The number of esters is 2. The highest BCUT2D eigenvalue weighted by Gasteiger charge is 2.39. The number of ether oxygens (including phenoxy) is 2. The second-order valence-electron chi connectivity index (χ2n) is 5.30. The van der Waals surface area contributed by atoms with Crippen LogP contribution < -0.4 is 0 Å². The van der Waals surface area contributed by atoms with Crippen molar-refractivity contribution >= 4 is 11.9 Å². The van der Waals surface area contributed by atoms with Crippen LogP contribution in [0.2, 0.25) is 0 Å². The maximum atomic E-state index is 13.1. The quantitative estimate of drug-likeness (QED) is 0.454. The summed E-state index contributed by atoms with van der Waals surface area (Å²) in [5.74, 6) is -8.66. The first-order valence-electron chi connectivity index (χ1n) is 7.05. The van der Waals surface area contributed by atoms with Gasteiger partial charge in [0.1, 0.15) is 6.61 Å². The van der Waals surface area contributed by atoms with Crippen molar-refractivity contribution in [1.82, 2.24) is 0 Å². The van der Waals surface area contributed by atoms with Crippen molar-refractivity contribution in [3.8, 4) is 0 Å². The Bertz CT molecular complexity index is 366. The second kappa shape index (κ2) is 8.95. The lowest BCUT2D eigenvalue weighted by Gasteiger charge is -2.20. The molecule has 0 aromatic carbocycles. The summed E-state index contributed by atoms with van der Waals surface area (Å²) < 4.78 is 60.5. The predicted molar refractivity (Wildman–Crippen MR) is 70.8 cm³/mol. The molecule has 0 amide bonds. The van der Waals surface area contributed by atoms with Gasteiger partial charge in [-0.3, -0.25) is 9.59 Å². The summed E-state index contributed by atoms with van der Waals surface area (Å²) in [5.41, 5.74) is 0. The number of carbonyl (C=O) groups is 2. The summed E-state index contributed by atoms with van der Waals surface area (Å²) in [4.78, 5) is 22.5. The van der Waals surface area contributed by atoms with E-state index in [1.54, 1.807) is 13.8 Å². The fourth-order valence-electron chi connectivity index (χ4n) is 1.47. The van der Waals surface area contributed by atoms with Crippen LogP contribution in [0, 0.1) is 5.92 Å². The molecule has 0 aliphatic rings. The minimum Gasteiger partial charge on any atom is -0.465 e. The molecule has 0 rings (SSSR count). The summed E-state index contributed by atoms with van der Waals surface area (Å²) >= 11 is 0. The van der Waals surface area contributed by atoms with Crippen LogP contribution in [0.1, 0.15) is 46.5 Å². The topological polar surface area (TPSA) is 52.6 Å². The van der Waals surface area contributed by atoms with E-state index < -0.39 is 43.2 Å². The number of alkyl halides is 4. The molecule has 130 valence electrons. The van der Waals surface area contributed by atoms with Crippen molar-refractivity contribution in [2.45, 2.75) is 58.3 Å². The van der Waals surface area contributed by atoms with E-state index in [2.05, 4.69) is 4.74 Å². The van der Waals surface area contributed by atoms with Gasteiger partial charge in [0.25, 0.3) is 11.8 Å². The third kappa shape index (κ3) is 10.4. The SMILES string of the molecule is CCC(C)C(=O)OCCC(=O)OCCC(F)(F)CC(C)(F)F. The second-order valence-corrected chi connectivity index (χ2v) is 5.30. The van der Waals surface area contributed by atoms with Crippen molar-refractivity contribution in [3.63, 3.8) is 0 Å². The summed E-state index contributed by atoms with van der Waals surface area (Å²) in [7, 11) is 0. The molecule has 0 radical (unpaired) electrons. The summed E-state index contributed by atoms with van der Waals surface area (Å²) in [6.45, 7) is 3.01. The molecular formula is C14H22F4O4. The van der Waals surface area contributed by atoms with Crippen molar-refractivity contribution in [2.75, 3.05) is 13.2 Å². The molecule has 0 saturated heterocycles. The molecule has 8 heteroatoms. The molecule has 0 heterocycles. The van der Waals surface area contributed by atoms with Gasteiger partial charge in [0, 0.05) is 6.42 Å². The maximum absolute atomic E-state index is 13.1. The Morgan fingerprint density at radius 3 is 2.18 bits per heavy atom. The Hall–Kier alpha value is -1.34. The zero-order valence-electron chi connectivity index (χ0n) is 13.0. The average Bonchev–Trinajstić information content (AvgIpc) is 2.34. The molecule has 0 aliphatic carbocycles. The maximum Gasteiger partial charge on any atom is 0.309 e. The molecule has 0 N–H and O–H groups in total. The van der Waals surface area contributed by atoms with E-state index >= 15 is 0 Å². The lowest BCUT2D eigenvalue weighted by Crippen LogP contribution is -2.28. The molecule has 0 aromatic rings. The van der Waals surface area contributed by atoms with Gasteiger partial charge in [0.15, 0.2) is 0 Å². The van der Waals surface area contributed by atoms with E-state index in [4.69, 9.17) is 4.74 Å². The van der Waals surface area contributed by atoms with Crippen molar-refractivity contribution in [2.24, 2.45) is 5.92 Å². The summed E-state index contributed by atoms with van der Waals surface area (Å²) in [6, 6.07) is 0.